The summed E-state index contributed by atoms with van der Waals surface area (Å²) in [5, 5.41) is 3.86. The first-order valence-electron chi connectivity index (χ1n) is 13.9. The second-order valence-corrected chi connectivity index (χ2v) is 10.5. The van der Waals surface area contributed by atoms with Gasteiger partial charge < -0.3 is 0 Å². The smallest absolute Gasteiger partial charge is 0.296 e. The van der Waals surface area contributed by atoms with E-state index in [4.69, 9.17) is 9.51 Å². The van der Waals surface area contributed by atoms with Gasteiger partial charge in [-0.3, -0.25) is 18.9 Å². The molecule has 0 bridgehead atoms. The summed E-state index contributed by atoms with van der Waals surface area (Å²) >= 11 is 0. The summed E-state index contributed by atoms with van der Waals surface area (Å²) in [7, 11) is 0. The van der Waals surface area contributed by atoms with Crippen molar-refractivity contribution in [3.63, 3.8) is 0 Å². The largest absolute Gasteiger partial charge is 0.439 e. The third kappa shape index (κ3) is 8.04. The molecule has 1 fully saturated rings. The van der Waals surface area contributed by atoms with E-state index in [1.807, 2.05) is 35.8 Å². The van der Waals surface area contributed by atoms with Crippen LogP contribution in [0.3, 0.4) is 0 Å². The summed E-state index contributed by atoms with van der Waals surface area (Å²) in [5.74, 6) is 1.23. The van der Waals surface area contributed by atoms with Crippen LogP contribution in [0, 0.1) is 12.8 Å². The van der Waals surface area contributed by atoms with Gasteiger partial charge in [-0.15, -0.1) is 0 Å². The second kappa shape index (κ2) is 15.9. The Morgan fingerprint density at radius 3 is 2.35 bits per heavy atom. The number of nitrogens with one attached hydrogen (secondary N) is 1. The number of aromatic nitrogens is 4. The molecule has 1 saturated carbocycles. The van der Waals surface area contributed by atoms with E-state index in [-0.39, 0.29) is 86.5 Å². The van der Waals surface area contributed by atoms with Gasteiger partial charge in [0.1, 0.15) is 5.82 Å². The minimum absolute atomic E-state index is 0. The fraction of sp³-hybridized carbons (Fsp3) is 0.419. The third-order valence-electron chi connectivity index (χ3n) is 7.74. The van der Waals surface area contributed by atoms with E-state index in [1.54, 1.807) is 0 Å². The predicted molar refractivity (Wildman–Crippen MR) is 161 cm³/mol. The van der Waals surface area contributed by atoms with Crippen LogP contribution in [0.15, 0.2) is 62.6 Å². The number of aryl methyl sites for hydroxylation is 2. The van der Waals surface area contributed by atoms with E-state index in [9.17, 15) is 9.59 Å². The van der Waals surface area contributed by atoms with Gasteiger partial charge in [-0.05, 0) is 55.2 Å². The van der Waals surface area contributed by atoms with Gasteiger partial charge in [0.05, 0.1) is 5.69 Å². The van der Waals surface area contributed by atoms with Crippen LogP contribution in [0.4, 0.5) is 0 Å². The van der Waals surface area contributed by atoms with E-state index in [0.29, 0.717) is 18.2 Å². The Hall–Kier alpha value is -1.10. The summed E-state index contributed by atoms with van der Waals surface area (Å²) in [6.07, 6.45) is 9.70. The fourth-order valence-corrected chi connectivity index (χ4v) is 5.62. The number of benzene rings is 2. The van der Waals surface area contributed by atoms with Gasteiger partial charge in [0.15, 0.2) is 5.82 Å². The zero-order valence-electron chi connectivity index (χ0n) is 24.3. The Bertz CT molecular complexity index is 1500. The number of rotatable bonds is 9. The number of hydrogen-bond donors (Lipinski definition) is 1. The van der Waals surface area contributed by atoms with Gasteiger partial charge in [-0.25, -0.2) is 9.78 Å². The Morgan fingerprint density at radius 1 is 1.00 bits per heavy atom. The summed E-state index contributed by atoms with van der Waals surface area (Å²) in [4.78, 5) is 32.9. The van der Waals surface area contributed by atoms with Crippen molar-refractivity contribution in [3.8, 4) is 22.5 Å². The molecule has 0 saturated heterocycles. The van der Waals surface area contributed by atoms with Gasteiger partial charge in [-0.2, -0.15) is 0 Å². The molecule has 0 amide bonds. The van der Waals surface area contributed by atoms with E-state index in [0.717, 1.165) is 65.1 Å². The van der Waals surface area contributed by atoms with Crippen molar-refractivity contribution < 1.29 is 4.52 Å². The fourth-order valence-electron chi connectivity index (χ4n) is 5.62. The average molecular weight is 575 g/mol. The van der Waals surface area contributed by atoms with Crippen LogP contribution in [-0.2, 0) is 19.4 Å². The molecule has 0 unspecified atom stereocenters. The molecular weight excluding hydrogens is 538 g/mol. The summed E-state index contributed by atoms with van der Waals surface area (Å²) in [6.45, 7) is 4.93. The van der Waals surface area contributed by atoms with Crippen LogP contribution >= 0.6 is 0 Å². The molecule has 0 spiro atoms. The molecule has 5 rings (SSSR count). The Kier molecular flexibility index (Phi) is 13.3. The monoisotopic (exact) mass is 574 g/mol. The number of unbranched alkanes of at least 4 members (excludes halogenated alkanes) is 1. The van der Waals surface area contributed by atoms with Crippen LogP contribution < -0.4 is 11.3 Å². The van der Waals surface area contributed by atoms with Crippen molar-refractivity contribution in [2.24, 2.45) is 5.92 Å². The average Bonchev–Trinajstić information content (AvgIpc) is 3.38. The predicted octanol–water partition coefficient (Wildman–Crippen LogP) is 5.31. The van der Waals surface area contributed by atoms with E-state index in [1.165, 1.54) is 32.1 Å². The minimum atomic E-state index is -0.579. The molecule has 2 aromatic heterocycles. The molecule has 2 aromatic carbocycles. The molecule has 1 aliphatic carbocycles. The quantitative estimate of drug-likeness (QED) is 0.273. The van der Waals surface area contributed by atoms with E-state index >= 15 is 0 Å². The molecular formula is C31H36KN4NaO3. The SMILES string of the molecule is CCCCc1nc(C)n(CC2CCCCC2)c(=O)c1Cc1ccc(-c2ccccc2-c2noc(=O)[nH]2)cc1.[K].[Na]. The first-order chi connectivity index (χ1) is 18.5. The number of hydrogen-bond acceptors (Lipinski definition) is 5. The molecule has 2 heterocycles. The van der Waals surface area contributed by atoms with Crippen molar-refractivity contribution in [1.29, 1.82) is 0 Å². The van der Waals surface area contributed by atoms with Crippen molar-refractivity contribution in [2.75, 3.05) is 0 Å². The molecule has 1 aliphatic rings. The molecule has 9 heteroatoms. The maximum atomic E-state index is 13.8. The molecule has 1 N–H and O–H groups in total. The Labute approximate surface area is 300 Å². The maximum absolute atomic E-state index is 13.8. The van der Waals surface area contributed by atoms with Gasteiger partial charge in [-0.1, -0.05) is 86.3 Å². The molecule has 0 aliphatic heterocycles. The van der Waals surface area contributed by atoms with Crippen molar-refractivity contribution in [3.05, 3.63) is 92.1 Å². The zero-order valence-corrected chi connectivity index (χ0v) is 29.5. The van der Waals surface area contributed by atoms with Crippen molar-refractivity contribution in [1.82, 2.24) is 19.7 Å². The normalized spacial score (nSPS) is 13.4. The van der Waals surface area contributed by atoms with Crippen LogP contribution in [0.1, 0.15) is 74.5 Å². The molecule has 2 radical (unpaired) electrons. The molecule has 7 nitrogen and oxygen atoms in total. The number of aromatic amines is 1. The number of nitrogens with zero attached hydrogens (tertiary/aromatic N) is 3. The molecule has 40 heavy (non-hydrogen) atoms. The summed E-state index contributed by atoms with van der Waals surface area (Å²) < 4.78 is 6.65. The third-order valence-corrected chi connectivity index (χ3v) is 7.74. The minimum Gasteiger partial charge on any atom is -0.296 e. The van der Waals surface area contributed by atoms with Crippen LogP contribution in [0.5, 0.6) is 0 Å². The van der Waals surface area contributed by atoms with Crippen LogP contribution in [0.2, 0.25) is 0 Å². The van der Waals surface area contributed by atoms with Crippen molar-refractivity contribution in [2.45, 2.75) is 78.2 Å². The van der Waals surface area contributed by atoms with Gasteiger partial charge in [0, 0.05) is 105 Å². The Balaban J connectivity index is 0.00000220. The summed E-state index contributed by atoms with van der Waals surface area (Å²) in [5.41, 5.74) is 5.70. The van der Waals surface area contributed by atoms with Gasteiger partial charge in [0.25, 0.3) is 5.56 Å². The van der Waals surface area contributed by atoms with Gasteiger partial charge >= 0.3 is 5.76 Å². The first-order valence-corrected chi connectivity index (χ1v) is 13.9. The Morgan fingerprint density at radius 2 is 1.70 bits per heavy atom. The summed E-state index contributed by atoms with van der Waals surface area (Å²) in [6, 6.07) is 16.0. The van der Waals surface area contributed by atoms with Crippen LogP contribution in [-0.4, -0.2) is 101 Å². The second-order valence-electron chi connectivity index (χ2n) is 10.5. The standard InChI is InChI=1S/C31H36N4O3.K.Na/c1-3-4-14-28-27(30(36)35(21(2)32-28)20-23-10-6-5-7-11-23)19-22-15-17-24(18-16-22)25-12-8-9-13-26(25)29-33-31(37)38-34-29;;/h8-9,12-13,15-18,23H,3-7,10-11,14,19-20H2,1-2H3,(H,33,34,37);;. The van der Waals surface area contributed by atoms with E-state index in [2.05, 4.69) is 41.3 Å². The first kappa shape index (κ1) is 33.4. The zero-order chi connectivity index (χ0) is 26.5. The molecule has 4 aromatic rings. The van der Waals surface area contributed by atoms with Crippen molar-refractivity contribution >= 4 is 80.9 Å². The molecule has 0 atom stereocenters. The number of H-pyrrole nitrogens is 1. The van der Waals surface area contributed by atoms with Gasteiger partial charge in [0.2, 0.25) is 0 Å². The van der Waals surface area contributed by atoms with E-state index < -0.39 is 5.76 Å². The molecule has 200 valence electrons. The van der Waals surface area contributed by atoms with Crippen LogP contribution in [0.25, 0.3) is 22.5 Å². The topological polar surface area (TPSA) is 93.8 Å². The maximum Gasteiger partial charge on any atom is 0.439 e.